The number of carbonyl (C=O) groups is 1. The first kappa shape index (κ1) is 13.3. The second kappa shape index (κ2) is 7.49. The number of benzene rings is 1. The Morgan fingerprint density at radius 2 is 2.00 bits per heavy atom. The third kappa shape index (κ3) is 5.20. The molecule has 0 saturated heterocycles. The summed E-state index contributed by atoms with van der Waals surface area (Å²) >= 11 is 0. The monoisotopic (exact) mass is 234 g/mol. The molecular weight excluding hydrogens is 216 g/mol. The van der Waals surface area contributed by atoms with Crippen molar-refractivity contribution in [2.75, 3.05) is 6.61 Å². The van der Waals surface area contributed by atoms with E-state index < -0.39 is 0 Å². The second-order valence-corrected chi connectivity index (χ2v) is 3.70. The van der Waals surface area contributed by atoms with Crippen molar-refractivity contribution in [2.45, 2.75) is 26.2 Å². The number of aromatic hydroxyl groups is 1. The van der Waals surface area contributed by atoms with Crippen LogP contribution in [0.2, 0.25) is 0 Å². The SMILES string of the molecule is CC/C=C/CCCOC(=O)c1ccc(O)cc1. The van der Waals surface area contributed by atoms with Crippen LogP contribution >= 0.6 is 0 Å². The predicted octanol–water partition coefficient (Wildman–Crippen LogP) is 3.30. The van der Waals surface area contributed by atoms with Gasteiger partial charge in [-0.3, -0.25) is 0 Å². The molecule has 3 nitrogen and oxygen atoms in total. The normalized spacial score (nSPS) is 10.6. The number of phenols is 1. The maximum Gasteiger partial charge on any atom is 0.338 e. The number of hydrogen-bond donors (Lipinski definition) is 1. The van der Waals surface area contributed by atoms with Crippen LogP contribution < -0.4 is 0 Å². The number of ether oxygens (including phenoxy) is 1. The first-order valence-electron chi connectivity index (χ1n) is 5.85. The highest BCUT2D eigenvalue weighted by atomic mass is 16.5. The molecule has 3 heteroatoms. The summed E-state index contributed by atoms with van der Waals surface area (Å²) < 4.78 is 5.09. The minimum atomic E-state index is -0.343. The molecule has 0 atom stereocenters. The number of hydrogen-bond acceptors (Lipinski definition) is 3. The van der Waals surface area contributed by atoms with Crippen LogP contribution in [0.1, 0.15) is 36.5 Å². The van der Waals surface area contributed by atoms with Crippen molar-refractivity contribution in [2.24, 2.45) is 0 Å². The van der Waals surface area contributed by atoms with Crippen LogP contribution in [0.25, 0.3) is 0 Å². The maximum atomic E-state index is 11.5. The molecule has 0 fully saturated rings. The van der Waals surface area contributed by atoms with E-state index >= 15 is 0 Å². The van der Waals surface area contributed by atoms with Gasteiger partial charge in [0.15, 0.2) is 0 Å². The van der Waals surface area contributed by atoms with Gasteiger partial charge in [-0.05, 0) is 43.5 Å². The third-order valence-electron chi connectivity index (χ3n) is 2.25. The van der Waals surface area contributed by atoms with Gasteiger partial charge in [0.2, 0.25) is 0 Å². The Bertz CT molecular complexity index is 366. The second-order valence-electron chi connectivity index (χ2n) is 3.70. The van der Waals surface area contributed by atoms with Gasteiger partial charge in [0.25, 0.3) is 0 Å². The highest BCUT2D eigenvalue weighted by Gasteiger charge is 2.05. The van der Waals surface area contributed by atoms with E-state index in [1.165, 1.54) is 12.1 Å². The molecule has 1 aromatic rings. The van der Waals surface area contributed by atoms with Gasteiger partial charge in [0, 0.05) is 0 Å². The molecule has 1 rings (SSSR count). The number of esters is 1. The smallest absolute Gasteiger partial charge is 0.338 e. The highest BCUT2D eigenvalue weighted by molar-refractivity contribution is 5.89. The lowest BCUT2D eigenvalue weighted by Crippen LogP contribution is -2.05. The van der Waals surface area contributed by atoms with Crippen LogP contribution in [-0.2, 0) is 4.74 Å². The molecule has 0 saturated carbocycles. The number of carbonyl (C=O) groups excluding carboxylic acids is 1. The molecule has 0 amide bonds. The van der Waals surface area contributed by atoms with Gasteiger partial charge in [-0.1, -0.05) is 19.1 Å². The van der Waals surface area contributed by atoms with Crippen molar-refractivity contribution in [3.63, 3.8) is 0 Å². The lowest BCUT2D eigenvalue weighted by molar-refractivity contribution is 0.0501. The Balaban J connectivity index is 2.25. The zero-order valence-electron chi connectivity index (χ0n) is 10.1. The Kier molecular flexibility index (Phi) is 5.86. The summed E-state index contributed by atoms with van der Waals surface area (Å²) in [6, 6.07) is 6.05. The van der Waals surface area contributed by atoms with E-state index in [0.29, 0.717) is 12.2 Å². The van der Waals surface area contributed by atoms with Gasteiger partial charge in [0.1, 0.15) is 5.75 Å². The van der Waals surface area contributed by atoms with Crippen LogP contribution in [0.15, 0.2) is 36.4 Å². The van der Waals surface area contributed by atoms with Crippen molar-refractivity contribution in [1.29, 1.82) is 0 Å². The fourth-order valence-corrected chi connectivity index (χ4v) is 1.33. The first-order valence-corrected chi connectivity index (χ1v) is 5.85. The lowest BCUT2D eigenvalue weighted by atomic mass is 10.2. The summed E-state index contributed by atoms with van der Waals surface area (Å²) in [7, 11) is 0. The molecule has 0 aliphatic rings. The van der Waals surface area contributed by atoms with Crippen molar-refractivity contribution in [3.05, 3.63) is 42.0 Å². The average molecular weight is 234 g/mol. The van der Waals surface area contributed by atoms with Crippen molar-refractivity contribution >= 4 is 5.97 Å². The average Bonchev–Trinajstić information content (AvgIpc) is 2.34. The Morgan fingerprint density at radius 3 is 2.65 bits per heavy atom. The summed E-state index contributed by atoms with van der Waals surface area (Å²) in [4.78, 5) is 11.5. The van der Waals surface area contributed by atoms with Crippen molar-refractivity contribution in [1.82, 2.24) is 0 Å². The van der Waals surface area contributed by atoms with Gasteiger partial charge in [0.05, 0.1) is 12.2 Å². The highest BCUT2D eigenvalue weighted by Crippen LogP contribution is 2.10. The number of allylic oxidation sites excluding steroid dienone is 2. The summed E-state index contributed by atoms with van der Waals surface area (Å²) in [5, 5.41) is 9.08. The van der Waals surface area contributed by atoms with E-state index in [1.807, 2.05) is 0 Å². The quantitative estimate of drug-likeness (QED) is 0.466. The van der Waals surface area contributed by atoms with E-state index in [1.54, 1.807) is 12.1 Å². The molecule has 1 N–H and O–H groups in total. The summed E-state index contributed by atoms with van der Waals surface area (Å²) in [5.41, 5.74) is 0.465. The summed E-state index contributed by atoms with van der Waals surface area (Å²) in [6.07, 6.45) is 6.99. The van der Waals surface area contributed by atoms with Gasteiger partial charge in [-0.2, -0.15) is 0 Å². The minimum Gasteiger partial charge on any atom is -0.508 e. The molecule has 1 aromatic carbocycles. The maximum absolute atomic E-state index is 11.5. The summed E-state index contributed by atoms with van der Waals surface area (Å²) in [6.45, 7) is 2.51. The lowest BCUT2D eigenvalue weighted by Gasteiger charge is -2.03. The molecule has 0 aromatic heterocycles. The molecule has 0 radical (unpaired) electrons. The number of phenolic OH excluding ortho intramolecular Hbond substituents is 1. The molecule has 17 heavy (non-hydrogen) atoms. The largest absolute Gasteiger partial charge is 0.508 e. The zero-order chi connectivity index (χ0) is 12.5. The fourth-order valence-electron chi connectivity index (χ4n) is 1.33. The zero-order valence-corrected chi connectivity index (χ0v) is 10.1. The number of unbranched alkanes of at least 4 members (excludes halogenated alkanes) is 1. The fraction of sp³-hybridized carbons (Fsp3) is 0.357. The van der Waals surface area contributed by atoms with E-state index in [0.717, 1.165) is 19.3 Å². The predicted molar refractivity (Wildman–Crippen MR) is 67.1 cm³/mol. The van der Waals surface area contributed by atoms with E-state index in [4.69, 9.17) is 9.84 Å². The van der Waals surface area contributed by atoms with Crippen LogP contribution in [0.4, 0.5) is 0 Å². The minimum absolute atomic E-state index is 0.145. The summed E-state index contributed by atoms with van der Waals surface area (Å²) in [5.74, 6) is -0.198. The number of rotatable bonds is 6. The molecule has 0 bridgehead atoms. The van der Waals surface area contributed by atoms with E-state index in [2.05, 4.69) is 19.1 Å². The van der Waals surface area contributed by atoms with Gasteiger partial charge >= 0.3 is 5.97 Å². The molecule has 0 unspecified atom stereocenters. The molecule has 92 valence electrons. The van der Waals surface area contributed by atoms with Crippen LogP contribution in [0.5, 0.6) is 5.75 Å². The Labute approximate surface area is 102 Å². The molecule has 0 aliphatic heterocycles. The Hall–Kier alpha value is -1.77. The van der Waals surface area contributed by atoms with Crippen LogP contribution in [0.3, 0.4) is 0 Å². The third-order valence-corrected chi connectivity index (χ3v) is 2.25. The Morgan fingerprint density at radius 1 is 1.29 bits per heavy atom. The van der Waals surface area contributed by atoms with Crippen LogP contribution in [-0.4, -0.2) is 17.7 Å². The van der Waals surface area contributed by atoms with E-state index in [-0.39, 0.29) is 11.7 Å². The standard InChI is InChI=1S/C14H18O3/c1-2-3-4-5-6-11-17-14(16)12-7-9-13(15)10-8-12/h3-4,7-10,15H,2,5-6,11H2,1H3/b4-3+. The first-order chi connectivity index (χ1) is 8.24. The molecule has 0 aliphatic carbocycles. The molecule has 0 spiro atoms. The topological polar surface area (TPSA) is 46.5 Å². The van der Waals surface area contributed by atoms with Gasteiger partial charge < -0.3 is 9.84 Å². The van der Waals surface area contributed by atoms with Gasteiger partial charge in [-0.25, -0.2) is 4.79 Å². The van der Waals surface area contributed by atoms with Crippen molar-refractivity contribution < 1.29 is 14.6 Å². The van der Waals surface area contributed by atoms with Crippen molar-refractivity contribution in [3.8, 4) is 5.75 Å². The molecular formula is C14H18O3. The van der Waals surface area contributed by atoms with Crippen LogP contribution in [0, 0.1) is 0 Å². The van der Waals surface area contributed by atoms with E-state index in [9.17, 15) is 4.79 Å². The van der Waals surface area contributed by atoms with Gasteiger partial charge in [-0.15, -0.1) is 0 Å². The molecule has 0 heterocycles.